The van der Waals surface area contributed by atoms with Gasteiger partial charge in [-0.1, -0.05) is 70.9 Å². The summed E-state index contributed by atoms with van der Waals surface area (Å²) < 4.78 is 11.7. The summed E-state index contributed by atoms with van der Waals surface area (Å²) in [7, 11) is 1.61. The van der Waals surface area contributed by atoms with Gasteiger partial charge >= 0.3 is 5.97 Å². The largest absolute Gasteiger partial charge is 0.481 e. The van der Waals surface area contributed by atoms with Crippen LogP contribution in [-0.4, -0.2) is 30.1 Å². The normalized spacial score (nSPS) is 26.8. The number of unbranched alkanes of at least 4 members (excludes halogenated alkanes) is 1. The highest BCUT2D eigenvalue weighted by atomic mass is 16.6. The van der Waals surface area contributed by atoms with Gasteiger partial charge in [-0.25, -0.2) is 9.79 Å². The molecule has 0 N–H and O–H groups in total. The highest BCUT2D eigenvalue weighted by Crippen LogP contribution is 2.42. The predicted molar refractivity (Wildman–Crippen MR) is 101 cm³/mol. The number of rotatable bonds is 5. The molecule has 4 heteroatoms. The maximum atomic E-state index is 13.2. The summed E-state index contributed by atoms with van der Waals surface area (Å²) in [6, 6.07) is 10.00. The third-order valence-corrected chi connectivity index (χ3v) is 5.31. The van der Waals surface area contributed by atoms with E-state index in [1.807, 2.05) is 58.0 Å². The third-order valence-electron chi connectivity index (χ3n) is 5.31. The van der Waals surface area contributed by atoms with Gasteiger partial charge < -0.3 is 9.47 Å². The minimum absolute atomic E-state index is 0.247. The third kappa shape index (κ3) is 3.73. The number of hydrogen-bond acceptors (Lipinski definition) is 4. The van der Waals surface area contributed by atoms with E-state index in [4.69, 9.17) is 14.5 Å². The van der Waals surface area contributed by atoms with Crippen LogP contribution < -0.4 is 0 Å². The van der Waals surface area contributed by atoms with Gasteiger partial charge in [-0.3, -0.25) is 0 Å². The van der Waals surface area contributed by atoms with E-state index in [1.54, 1.807) is 7.11 Å². The minimum Gasteiger partial charge on any atom is -0.481 e. The average Bonchev–Trinajstić information content (AvgIpc) is 2.56. The smallest absolute Gasteiger partial charge is 0.335 e. The second-order valence-electron chi connectivity index (χ2n) is 8.09. The maximum Gasteiger partial charge on any atom is 0.335 e. The van der Waals surface area contributed by atoms with Crippen molar-refractivity contribution < 1.29 is 14.3 Å². The van der Waals surface area contributed by atoms with Crippen LogP contribution in [-0.2, 0) is 20.7 Å². The zero-order chi connectivity index (χ0) is 18.7. The number of esters is 1. The molecule has 0 amide bonds. The first kappa shape index (κ1) is 19.5. The van der Waals surface area contributed by atoms with Crippen LogP contribution in [0.15, 0.2) is 35.3 Å². The van der Waals surface area contributed by atoms with Crippen LogP contribution in [0.3, 0.4) is 0 Å². The summed E-state index contributed by atoms with van der Waals surface area (Å²) in [6.07, 6.45) is 3.09. The summed E-state index contributed by atoms with van der Waals surface area (Å²) in [6.45, 7) is 10.1. The zero-order valence-electron chi connectivity index (χ0n) is 16.4. The number of carbonyl (C=O) groups is 1. The van der Waals surface area contributed by atoms with Crippen molar-refractivity contribution in [2.45, 2.75) is 71.4 Å². The zero-order valence-corrected chi connectivity index (χ0v) is 16.4. The Balaban J connectivity index is 2.51. The van der Waals surface area contributed by atoms with Gasteiger partial charge in [0.05, 0.1) is 7.11 Å². The Kier molecular flexibility index (Phi) is 5.60. The molecule has 0 aromatic heterocycles. The molecule has 1 aromatic rings. The first-order valence-corrected chi connectivity index (χ1v) is 9.10. The van der Waals surface area contributed by atoms with Crippen molar-refractivity contribution in [1.82, 2.24) is 0 Å². The van der Waals surface area contributed by atoms with E-state index in [-0.39, 0.29) is 11.4 Å². The number of carbonyl (C=O) groups excluding carboxylic acids is 1. The Morgan fingerprint density at radius 2 is 1.84 bits per heavy atom. The van der Waals surface area contributed by atoms with Gasteiger partial charge in [-0.05, 0) is 18.9 Å². The van der Waals surface area contributed by atoms with Crippen molar-refractivity contribution in [2.75, 3.05) is 7.11 Å². The topological polar surface area (TPSA) is 47.9 Å². The molecule has 0 saturated heterocycles. The Labute approximate surface area is 151 Å². The van der Waals surface area contributed by atoms with E-state index in [9.17, 15) is 4.79 Å². The lowest BCUT2D eigenvalue weighted by molar-refractivity contribution is -0.172. The fourth-order valence-corrected chi connectivity index (χ4v) is 3.15. The van der Waals surface area contributed by atoms with Crippen LogP contribution in [0.4, 0.5) is 0 Å². The molecule has 138 valence electrons. The van der Waals surface area contributed by atoms with Crippen molar-refractivity contribution >= 4 is 11.9 Å². The predicted octanol–water partition coefficient (Wildman–Crippen LogP) is 4.56. The van der Waals surface area contributed by atoms with E-state index in [0.29, 0.717) is 18.7 Å². The lowest BCUT2D eigenvalue weighted by Crippen LogP contribution is -2.60. The fraction of sp³-hybridized carbons (Fsp3) is 0.619. The summed E-state index contributed by atoms with van der Waals surface area (Å²) in [5, 5.41) is 0. The number of cyclic esters (lactones) is 1. The van der Waals surface area contributed by atoms with Crippen molar-refractivity contribution in [1.29, 1.82) is 0 Å². The van der Waals surface area contributed by atoms with Crippen molar-refractivity contribution in [2.24, 2.45) is 10.4 Å². The number of methoxy groups -OCH3 is 1. The molecule has 25 heavy (non-hydrogen) atoms. The number of aliphatic imine (C=N–C) groups is 1. The molecule has 1 aromatic carbocycles. The standard InChI is InChI=1S/C21H31NO3/c1-7-8-14-21(15-16-12-10-9-11-13-16)18(23)25-20(5,19(2,3)4)17(22-21)24-6/h9-13H,7-8,14-15H2,1-6H3/t20-,21+/m1/s1. The van der Waals surface area contributed by atoms with E-state index in [1.165, 1.54) is 0 Å². The maximum absolute atomic E-state index is 13.2. The first-order chi connectivity index (χ1) is 11.7. The molecule has 0 aliphatic carbocycles. The molecule has 0 spiro atoms. The van der Waals surface area contributed by atoms with E-state index >= 15 is 0 Å². The number of nitrogens with zero attached hydrogens (tertiary/aromatic N) is 1. The van der Waals surface area contributed by atoms with Gasteiger partial charge in [0.25, 0.3) is 0 Å². The molecule has 2 atom stereocenters. The van der Waals surface area contributed by atoms with Crippen LogP contribution in [0.25, 0.3) is 0 Å². The van der Waals surface area contributed by atoms with Gasteiger partial charge in [0, 0.05) is 11.8 Å². The number of hydrogen-bond donors (Lipinski definition) is 0. The molecular weight excluding hydrogens is 314 g/mol. The van der Waals surface area contributed by atoms with Crippen molar-refractivity contribution in [3.63, 3.8) is 0 Å². The van der Waals surface area contributed by atoms with Crippen molar-refractivity contribution in [3.05, 3.63) is 35.9 Å². The second kappa shape index (κ2) is 7.19. The highest BCUT2D eigenvalue weighted by Gasteiger charge is 2.56. The summed E-state index contributed by atoms with van der Waals surface area (Å²) in [5.41, 5.74) is -1.02. The van der Waals surface area contributed by atoms with Crippen LogP contribution in [0.2, 0.25) is 0 Å². The Morgan fingerprint density at radius 3 is 2.36 bits per heavy atom. The minimum atomic E-state index is -0.909. The molecule has 4 nitrogen and oxygen atoms in total. The first-order valence-electron chi connectivity index (χ1n) is 9.10. The fourth-order valence-electron chi connectivity index (χ4n) is 3.15. The van der Waals surface area contributed by atoms with Crippen molar-refractivity contribution in [3.8, 4) is 0 Å². The lowest BCUT2D eigenvalue weighted by atomic mass is 9.75. The molecule has 0 radical (unpaired) electrons. The van der Waals surface area contributed by atoms with Gasteiger partial charge in [-0.2, -0.15) is 0 Å². The molecule has 1 aliphatic heterocycles. The van der Waals surface area contributed by atoms with Gasteiger partial charge in [0.15, 0.2) is 11.1 Å². The van der Waals surface area contributed by atoms with E-state index in [0.717, 1.165) is 18.4 Å². The summed E-state index contributed by atoms with van der Waals surface area (Å²) in [5.74, 6) is 0.259. The Bertz CT molecular complexity index is 632. The van der Waals surface area contributed by atoms with E-state index < -0.39 is 11.1 Å². The lowest BCUT2D eigenvalue weighted by Gasteiger charge is -2.46. The summed E-state index contributed by atoms with van der Waals surface area (Å²) in [4.78, 5) is 18.1. The molecule has 0 bridgehead atoms. The Hall–Kier alpha value is -1.84. The monoisotopic (exact) mass is 345 g/mol. The highest BCUT2D eigenvalue weighted by molar-refractivity contribution is 5.96. The Morgan fingerprint density at radius 1 is 1.20 bits per heavy atom. The number of ether oxygens (including phenoxy) is 2. The van der Waals surface area contributed by atoms with Crippen LogP contribution in [0, 0.1) is 5.41 Å². The van der Waals surface area contributed by atoms with Gasteiger partial charge in [0.2, 0.25) is 5.90 Å². The van der Waals surface area contributed by atoms with Crippen LogP contribution in [0.1, 0.15) is 59.4 Å². The quantitative estimate of drug-likeness (QED) is 0.735. The van der Waals surface area contributed by atoms with Crippen LogP contribution >= 0.6 is 0 Å². The average molecular weight is 345 g/mol. The molecule has 0 saturated carbocycles. The number of benzene rings is 1. The molecule has 2 rings (SSSR count). The molecule has 1 aliphatic rings. The van der Waals surface area contributed by atoms with Gasteiger partial charge in [0.1, 0.15) is 0 Å². The molecular formula is C21H31NO3. The second-order valence-corrected chi connectivity index (χ2v) is 8.09. The summed E-state index contributed by atoms with van der Waals surface area (Å²) >= 11 is 0. The molecule has 0 unspecified atom stereocenters. The van der Waals surface area contributed by atoms with Gasteiger partial charge in [-0.15, -0.1) is 0 Å². The van der Waals surface area contributed by atoms with Crippen LogP contribution in [0.5, 0.6) is 0 Å². The molecule has 1 heterocycles. The van der Waals surface area contributed by atoms with E-state index in [2.05, 4.69) is 6.92 Å². The molecule has 0 fully saturated rings. The SMILES string of the molecule is CCCC[C@@]1(Cc2ccccc2)N=C(OC)[C@](C)(C(C)(C)C)OC1=O.